The minimum Gasteiger partial charge on any atom is -0.345 e. The number of nitrogens with one attached hydrogen (secondary N) is 2. The minimum absolute atomic E-state index is 0.120. The molecular formula is C27H38N4. The summed E-state index contributed by atoms with van der Waals surface area (Å²) in [7, 11) is 0. The van der Waals surface area contributed by atoms with Gasteiger partial charge in [0.1, 0.15) is 23.5 Å². The van der Waals surface area contributed by atoms with Crippen LogP contribution in [0.5, 0.6) is 0 Å². The molecule has 4 heteroatoms. The molecule has 4 nitrogen and oxygen atoms in total. The van der Waals surface area contributed by atoms with E-state index in [1.807, 2.05) is 0 Å². The smallest absolute Gasteiger partial charge is 0.118 e. The van der Waals surface area contributed by atoms with Crippen molar-refractivity contribution < 1.29 is 0 Å². The summed E-state index contributed by atoms with van der Waals surface area (Å²) in [6.07, 6.45) is 12.0. The van der Waals surface area contributed by atoms with E-state index in [0.717, 1.165) is 24.2 Å². The van der Waals surface area contributed by atoms with Gasteiger partial charge in [-0.15, -0.1) is 0 Å². The number of rotatable bonds is 12. The monoisotopic (exact) mass is 418 g/mol. The van der Waals surface area contributed by atoms with E-state index < -0.39 is 0 Å². The average molecular weight is 419 g/mol. The third kappa shape index (κ3) is 4.45. The Morgan fingerprint density at radius 2 is 1.19 bits per heavy atom. The molecule has 0 aromatic carbocycles. The lowest BCUT2D eigenvalue weighted by Gasteiger charge is -2.37. The molecule has 31 heavy (non-hydrogen) atoms. The van der Waals surface area contributed by atoms with Gasteiger partial charge < -0.3 is 9.97 Å². The van der Waals surface area contributed by atoms with Crippen LogP contribution in [0.25, 0.3) is 11.4 Å². The normalized spacial score (nSPS) is 15.7. The van der Waals surface area contributed by atoms with Crippen molar-refractivity contribution in [3.05, 3.63) is 34.6 Å². The maximum absolute atomic E-state index is 9.61. The van der Waals surface area contributed by atoms with Crippen LogP contribution in [0.15, 0.2) is 12.1 Å². The first-order valence-corrected chi connectivity index (χ1v) is 12.3. The van der Waals surface area contributed by atoms with Crippen LogP contribution in [0.1, 0.15) is 114 Å². The second kappa shape index (κ2) is 10.2. The SMILES string of the molecule is CCCCC(CC)CC1(CC(CC)CCCC)c2cc(C#N)[nH]c2-c2[nH]c(C#N)cc21. The maximum atomic E-state index is 9.61. The summed E-state index contributed by atoms with van der Waals surface area (Å²) in [5.74, 6) is 1.28. The number of fused-ring (bicyclic) bond motifs is 3. The van der Waals surface area contributed by atoms with Crippen molar-refractivity contribution in [1.29, 1.82) is 10.5 Å². The van der Waals surface area contributed by atoms with E-state index in [9.17, 15) is 10.5 Å². The lowest BCUT2D eigenvalue weighted by atomic mass is 9.65. The first-order chi connectivity index (χ1) is 15.1. The van der Waals surface area contributed by atoms with Crippen LogP contribution in [0.4, 0.5) is 0 Å². The fourth-order valence-electron chi connectivity index (χ4n) is 5.72. The van der Waals surface area contributed by atoms with Gasteiger partial charge in [0.05, 0.1) is 11.4 Å². The molecule has 0 saturated heterocycles. The van der Waals surface area contributed by atoms with E-state index in [1.165, 1.54) is 62.5 Å². The van der Waals surface area contributed by atoms with Crippen molar-refractivity contribution in [2.24, 2.45) is 11.8 Å². The Morgan fingerprint density at radius 1 is 0.774 bits per heavy atom. The summed E-state index contributed by atoms with van der Waals surface area (Å²) >= 11 is 0. The van der Waals surface area contributed by atoms with Gasteiger partial charge in [0.2, 0.25) is 0 Å². The lowest BCUT2D eigenvalue weighted by Crippen LogP contribution is -2.31. The van der Waals surface area contributed by atoms with Crippen molar-refractivity contribution in [3.63, 3.8) is 0 Å². The van der Waals surface area contributed by atoms with Gasteiger partial charge in [-0.05, 0) is 47.9 Å². The molecule has 1 aliphatic carbocycles. The minimum atomic E-state index is -0.120. The molecule has 2 aromatic heterocycles. The molecule has 166 valence electrons. The van der Waals surface area contributed by atoms with Crippen LogP contribution < -0.4 is 0 Å². The predicted octanol–water partition coefficient (Wildman–Crippen LogP) is 7.57. The molecular weight excluding hydrogens is 380 g/mol. The quantitative estimate of drug-likeness (QED) is 0.373. The van der Waals surface area contributed by atoms with Crippen LogP contribution >= 0.6 is 0 Å². The summed E-state index contributed by atoms with van der Waals surface area (Å²) in [5.41, 5.74) is 5.74. The first-order valence-electron chi connectivity index (χ1n) is 12.3. The number of aromatic amines is 2. The molecule has 2 aromatic rings. The van der Waals surface area contributed by atoms with E-state index >= 15 is 0 Å². The van der Waals surface area contributed by atoms with Crippen LogP contribution in [-0.4, -0.2) is 9.97 Å². The van der Waals surface area contributed by atoms with E-state index in [2.05, 4.69) is 61.9 Å². The maximum Gasteiger partial charge on any atom is 0.118 e. The second-order valence-electron chi connectivity index (χ2n) is 9.49. The Morgan fingerprint density at radius 3 is 1.52 bits per heavy atom. The van der Waals surface area contributed by atoms with Crippen molar-refractivity contribution in [1.82, 2.24) is 9.97 Å². The van der Waals surface area contributed by atoms with E-state index in [1.54, 1.807) is 0 Å². The zero-order valence-corrected chi connectivity index (χ0v) is 19.8. The van der Waals surface area contributed by atoms with E-state index in [-0.39, 0.29) is 5.41 Å². The number of hydrogen-bond acceptors (Lipinski definition) is 2. The predicted molar refractivity (Wildman–Crippen MR) is 127 cm³/mol. The van der Waals surface area contributed by atoms with E-state index in [0.29, 0.717) is 23.2 Å². The molecule has 1 aliphatic rings. The summed E-state index contributed by atoms with van der Waals surface area (Å²) in [6.45, 7) is 9.16. The van der Waals surface area contributed by atoms with Gasteiger partial charge in [0, 0.05) is 5.41 Å². The highest BCUT2D eigenvalue weighted by Gasteiger charge is 2.47. The number of aromatic nitrogens is 2. The molecule has 2 atom stereocenters. The molecule has 0 radical (unpaired) electrons. The number of nitrogens with zero attached hydrogens (tertiary/aromatic N) is 2. The second-order valence-corrected chi connectivity index (χ2v) is 9.49. The van der Waals surface area contributed by atoms with Crippen molar-refractivity contribution in [2.75, 3.05) is 0 Å². The Labute approximate surface area is 188 Å². The van der Waals surface area contributed by atoms with Crippen molar-refractivity contribution >= 4 is 0 Å². The average Bonchev–Trinajstić information content (AvgIpc) is 3.46. The van der Waals surface area contributed by atoms with Gasteiger partial charge >= 0.3 is 0 Å². The topological polar surface area (TPSA) is 79.2 Å². The third-order valence-electron chi connectivity index (χ3n) is 7.52. The van der Waals surface area contributed by atoms with Crippen molar-refractivity contribution in [3.8, 4) is 23.5 Å². The van der Waals surface area contributed by atoms with Crippen LogP contribution in [0, 0.1) is 34.5 Å². The van der Waals surface area contributed by atoms with Gasteiger partial charge in [-0.1, -0.05) is 79.1 Å². The summed E-state index contributed by atoms with van der Waals surface area (Å²) in [4.78, 5) is 6.72. The van der Waals surface area contributed by atoms with E-state index in [4.69, 9.17) is 0 Å². The number of H-pyrrole nitrogens is 2. The molecule has 3 rings (SSSR count). The molecule has 0 aliphatic heterocycles. The standard InChI is InChI=1S/C27H38N4/c1-5-9-11-19(7-3)15-27(16-20(8-4)12-10-6-2)23-13-21(17-28)30-25(23)26-24(27)14-22(18-29)31-26/h13-14,19-20,30-31H,5-12,15-16H2,1-4H3. The zero-order chi connectivity index (χ0) is 22.4. The Hall–Kier alpha value is -2.46. The summed E-state index contributed by atoms with van der Waals surface area (Å²) in [6, 6.07) is 8.81. The fraction of sp³-hybridized carbons (Fsp3) is 0.630. The van der Waals surface area contributed by atoms with Gasteiger partial charge in [-0.3, -0.25) is 0 Å². The Kier molecular flexibility index (Phi) is 7.66. The number of hydrogen-bond donors (Lipinski definition) is 2. The van der Waals surface area contributed by atoms with Crippen LogP contribution in [-0.2, 0) is 5.41 Å². The van der Waals surface area contributed by atoms with Gasteiger partial charge in [-0.2, -0.15) is 10.5 Å². The highest BCUT2D eigenvalue weighted by molar-refractivity contribution is 5.78. The van der Waals surface area contributed by atoms with Crippen LogP contribution in [0.2, 0.25) is 0 Å². The molecule has 2 unspecified atom stereocenters. The summed E-state index contributed by atoms with van der Waals surface area (Å²) in [5, 5.41) is 19.2. The molecule has 2 heterocycles. The zero-order valence-electron chi connectivity index (χ0n) is 19.8. The molecule has 0 fully saturated rings. The highest BCUT2D eigenvalue weighted by Crippen LogP contribution is 2.56. The molecule has 0 bridgehead atoms. The summed E-state index contributed by atoms with van der Waals surface area (Å²) < 4.78 is 0. The van der Waals surface area contributed by atoms with Gasteiger partial charge in [0.25, 0.3) is 0 Å². The van der Waals surface area contributed by atoms with Crippen molar-refractivity contribution in [2.45, 2.75) is 97.3 Å². The molecule has 0 spiro atoms. The number of unbranched alkanes of at least 4 members (excludes halogenated alkanes) is 2. The first kappa shape index (κ1) is 23.2. The lowest BCUT2D eigenvalue weighted by molar-refractivity contribution is 0.266. The number of nitriles is 2. The third-order valence-corrected chi connectivity index (χ3v) is 7.52. The largest absolute Gasteiger partial charge is 0.345 e. The fourth-order valence-corrected chi connectivity index (χ4v) is 5.72. The van der Waals surface area contributed by atoms with Crippen LogP contribution in [0.3, 0.4) is 0 Å². The van der Waals surface area contributed by atoms with Gasteiger partial charge in [0.15, 0.2) is 0 Å². The Balaban J connectivity index is 2.14. The molecule has 0 saturated carbocycles. The van der Waals surface area contributed by atoms with Gasteiger partial charge in [-0.25, -0.2) is 0 Å². The molecule has 2 N–H and O–H groups in total. The Bertz CT molecular complexity index is 871. The molecule has 0 amide bonds. The highest BCUT2D eigenvalue weighted by atomic mass is 14.9.